The van der Waals surface area contributed by atoms with Gasteiger partial charge in [-0.1, -0.05) is 6.42 Å². The predicted molar refractivity (Wildman–Crippen MR) is 55.4 cm³/mol. The number of fused-ring (bicyclic) bond motifs is 1. The molecule has 0 bridgehead atoms. The van der Waals surface area contributed by atoms with Gasteiger partial charge in [-0.25, -0.2) is 0 Å². The van der Waals surface area contributed by atoms with E-state index in [-0.39, 0.29) is 0 Å². The Morgan fingerprint density at radius 3 is 2.92 bits per heavy atom. The molecule has 0 aromatic carbocycles. The molecule has 1 saturated heterocycles. The molecule has 0 spiro atoms. The SMILES string of the molecule is CO[SiH](C)CCC1CCC2OC2C1. The van der Waals surface area contributed by atoms with Gasteiger partial charge in [-0.15, -0.1) is 0 Å². The maximum Gasteiger partial charge on any atom is 0.173 e. The summed E-state index contributed by atoms with van der Waals surface area (Å²) in [4.78, 5) is 0. The highest BCUT2D eigenvalue weighted by Crippen LogP contribution is 2.41. The molecule has 4 unspecified atom stereocenters. The lowest BCUT2D eigenvalue weighted by molar-refractivity contribution is 0.352. The molecule has 13 heavy (non-hydrogen) atoms. The molecule has 3 heteroatoms. The largest absolute Gasteiger partial charge is 0.423 e. The van der Waals surface area contributed by atoms with Crippen LogP contribution in [-0.4, -0.2) is 28.4 Å². The molecular weight excluding hydrogens is 180 g/mol. The van der Waals surface area contributed by atoms with E-state index in [0.29, 0.717) is 12.2 Å². The standard InChI is InChI=1S/C10H20O2Si/c1-11-13(2)6-5-8-3-4-9-10(7-8)12-9/h8-10,13H,3-7H2,1-2H3. The third-order valence-electron chi connectivity index (χ3n) is 3.50. The van der Waals surface area contributed by atoms with Crippen LogP contribution in [0.3, 0.4) is 0 Å². The molecule has 2 aliphatic rings. The molecule has 0 aromatic heterocycles. The summed E-state index contributed by atoms with van der Waals surface area (Å²) in [5, 5.41) is 0. The quantitative estimate of drug-likeness (QED) is 0.511. The summed E-state index contributed by atoms with van der Waals surface area (Å²) in [5.41, 5.74) is 0. The lowest BCUT2D eigenvalue weighted by atomic mass is 9.88. The Balaban J connectivity index is 1.64. The van der Waals surface area contributed by atoms with Crippen LogP contribution in [0.5, 0.6) is 0 Å². The van der Waals surface area contributed by atoms with Crippen LogP contribution in [0, 0.1) is 5.92 Å². The molecule has 76 valence electrons. The fourth-order valence-electron chi connectivity index (χ4n) is 2.34. The zero-order valence-corrected chi connectivity index (χ0v) is 9.82. The first-order valence-electron chi connectivity index (χ1n) is 5.48. The van der Waals surface area contributed by atoms with Gasteiger partial charge < -0.3 is 9.16 Å². The second-order valence-electron chi connectivity index (χ2n) is 4.52. The average molecular weight is 200 g/mol. The van der Waals surface area contributed by atoms with E-state index in [2.05, 4.69) is 6.55 Å². The lowest BCUT2D eigenvalue weighted by Gasteiger charge is -2.19. The van der Waals surface area contributed by atoms with Crippen molar-refractivity contribution in [2.24, 2.45) is 5.92 Å². The summed E-state index contributed by atoms with van der Waals surface area (Å²) in [6.45, 7) is 2.29. The Bertz CT molecular complexity index is 174. The van der Waals surface area contributed by atoms with Crippen LogP contribution in [0.4, 0.5) is 0 Å². The van der Waals surface area contributed by atoms with E-state index in [1.165, 1.54) is 31.7 Å². The van der Waals surface area contributed by atoms with Gasteiger partial charge in [-0.05, 0) is 37.8 Å². The van der Waals surface area contributed by atoms with E-state index >= 15 is 0 Å². The number of hydrogen-bond acceptors (Lipinski definition) is 2. The van der Waals surface area contributed by atoms with Gasteiger partial charge in [0, 0.05) is 7.11 Å². The van der Waals surface area contributed by atoms with Crippen molar-refractivity contribution in [2.75, 3.05) is 7.11 Å². The van der Waals surface area contributed by atoms with Crippen LogP contribution in [0.25, 0.3) is 0 Å². The first kappa shape index (κ1) is 9.68. The van der Waals surface area contributed by atoms with Gasteiger partial charge in [0.25, 0.3) is 0 Å². The Kier molecular flexibility index (Phi) is 3.06. The fraction of sp³-hybridized carbons (Fsp3) is 1.00. The summed E-state index contributed by atoms with van der Waals surface area (Å²) in [5.74, 6) is 0.939. The summed E-state index contributed by atoms with van der Waals surface area (Å²) < 4.78 is 10.9. The van der Waals surface area contributed by atoms with Gasteiger partial charge in [0.1, 0.15) is 0 Å². The maximum atomic E-state index is 5.52. The second kappa shape index (κ2) is 4.11. The minimum Gasteiger partial charge on any atom is -0.423 e. The van der Waals surface area contributed by atoms with Crippen molar-refractivity contribution >= 4 is 9.04 Å². The van der Waals surface area contributed by atoms with Gasteiger partial charge in [0.05, 0.1) is 12.2 Å². The highest BCUT2D eigenvalue weighted by Gasteiger charge is 2.43. The van der Waals surface area contributed by atoms with Gasteiger partial charge in [-0.2, -0.15) is 0 Å². The number of epoxide rings is 1. The Morgan fingerprint density at radius 1 is 1.38 bits per heavy atom. The molecular formula is C10H20O2Si. The predicted octanol–water partition coefficient (Wildman–Crippen LogP) is 1.94. The van der Waals surface area contributed by atoms with Crippen molar-refractivity contribution in [1.82, 2.24) is 0 Å². The molecule has 0 aromatic rings. The molecule has 1 aliphatic carbocycles. The van der Waals surface area contributed by atoms with E-state index < -0.39 is 9.04 Å². The van der Waals surface area contributed by atoms with Crippen LogP contribution < -0.4 is 0 Å². The Hall–Kier alpha value is 0.137. The third-order valence-corrected chi connectivity index (χ3v) is 5.45. The molecule has 2 nitrogen and oxygen atoms in total. The van der Waals surface area contributed by atoms with Crippen molar-refractivity contribution in [2.45, 2.75) is 50.5 Å². The summed E-state index contributed by atoms with van der Waals surface area (Å²) in [6, 6.07) is 1.35. The number of rotatable bonds is 4. The summed E-state index contributed by atoms with van der Waals surface area (Å²) in [7, 11) is 1.06. The van der Waals surface area contributed by atoms with Crippen molar-refractivity contribution < 1.29 is 9.16 Å². The van der Waals surface area contributed by atoms with Gasteiger partial charge in [0.2, 0.25) is 0 Å². The number of ether oxygens (including phenoxy) is 1. The van der Waals surface area contributed by atoms with Crippen LogP contribution >= 0.6 is 0 Å². The lowest BCUT2D eigenvalue weighted by Crippen LogP contribution is -2.17. The minimum atomic E-state index is -0.800. The smallest absolute Gasteiger partial charge is 0.173 e. The van der Waals surface area contributed by atoms with Crippen molar-refractivity contribution in [3.63, 3.8) is 0 Å². The van der Waals surface area contributed by atoms with E-state index in [4.69, 9.17) is 9.16 Å². The molecule has 0 N–H and O–H groups in total. The molecule has 0 amide bonds. The molecule has 1 heterocycles. The fourth-order valence-corrected chi connectivity index (χ4v) is 3.51. The molecule has 2 rings (SSSR count). The van der Waals surface area contributed by atoms with Crippen LogP contribution in [-0.2, 0) is 9.16 Å². The van der Waals surface area contributed by atoms with E-state index in [0.717, 1.165) is 5.92 Å². The zero-order chi connectivity index (χ0) is 9.26. The van der Waals surface area contributed by atoms with Gasteiger partial charge >= 0.3 is 0 Å². The van der Waals surface area contributed by atoms with Crippen LogP contribution in [0.15, 0.2) is 0 Å². The zero-order valence-electron chi connectivity index (χ0n) is 8.66. The second-order valence-corrected chi connectivity index (χ2v) is 7.19. The Morgan fingerprint density at radius 2 is 2.23 bits per heavy atom. The monoisotopic (exact) mass is 200 g/mol. The van der Waals surface area contributed by atoms with E-state index in [9.17, 15) is 0 Å². The average Bonchev–Trinajstić information content (AvgIpc) is 2.91. The summed E-state index contributed by atoms with van der Waals surface area (Å²) in [6.07, 6.45) is 6.74. The molecule has 0 radical (unpaired) electrons. The topological polar surface area (TPSA) is 21.8 Å². The van der Waals surface area contributed by atoms with Crippen LogP contribution in [0.1, 0.15) is 25.7 Å². The van der Waals surface area contributed by atoms with E-state index in [1.54, 1.807) is 0 Å². The van der Waals surface area contributed by atoms with Crippen molar-refractivity contribution in [3.8, 4) is 0 Å². The minimum absolute atomic E-state index is 0.651. The first-order chi connectivity index (χ1) is 6.29. The molecule has 2 fully saturated rings. The molecule has 1 saturated carbocycles. The van der Waals surface area contributed by atoms with Crippen molar-refractivity contribution in [1.29, 1.82) is 0 Å². The first-order valence-corrected chi connectivity index (χ1v) is 7.92. The maximum absolute atomic E-state index is 5.52. The summed E-state index contributed by atoms with van der Waals surface area (Å²) >= 11 is 0. The van der Waals surface area contributed by atoms with Gasteiger partial charge in [0.15, 0.2) is 9.04 Å². The Labute approximate surface area is 82.3 Å². The normalized spacial score (nSPS) is 39.7. The highest BCUT2D eigenvalue weighted by atomic mass is 28.3. The van der Waals surface area contributed by atoms with Gasteiger partial charge in [-0.3, -0.25) is 0 Å². The third kappa shape index (κ3) is 2.54. The molecule has 4 atom stereocenters. The number of hydrogen-bond donors (Lipinski definition) is 0. The molecule has 1 aliphatic heterocycles. The highest BCUT2D eigenvalue weighted by molar-refractivity contribution is 6.50. The van der Waals surface area contributed by atoms with Crippen LogP contribution in [0.2, 0.25) is 12.6 Å². The van der Waals surface area contributed by atoms with E-state index in [1.807, 2.05) is 7.11 Å². The van der Waals surface area contributed by atoms with Crippen molar-refractivity contribution in [3.05, 3.63) is 0 Å².